The van der Waals surface area contributed by atoms with E-state index in [4.69, 9.17) is 14.4 Å². The summed E-state index contributed by atoms with van der Waals surface area (Å²) >= 11 is 0. The molecule has 0 radical (unpaired) electrons. The standard InChI is InChI=1S/BF4.HO3P/c2-1(3,4)5;1-4(2)3/h;(H-,1,2,3)/q-1;/p+2. The molecule has 0 fully saturated rings. The molecule has 0 amide bonds. The van der Waals surface area contributed by atoms with Crippen LogP contribution in [0.25, 0.3) is 0 Å². The largest absolute Gasteiger partial charge is 1.00 e. The van der Waals surface area contributed by atoms with E-state index >= 15 is 0 Å². The molecule has 0 saturated heterocycles. The lowest BCUT2D eigenvalue weighted by atomic mass is 10.3. The predicted molar refractivity (Wildman–Crippen MR) is 23.3 cm³/mol. The molecular formula is H3BF4O3P+. The summed E-state index contributed by atoms with van der Waals surface area (Å²) in [5, 5.41) is 0. The summed E-state index contributed by atoms with van der Waals surface area (Å²) in [6.45, 7) is 0. The molecule has 56 valence electrons. The van der Waals surface area contributed by atoms with Crippen LogP contribution in [0.5, 0.6) is 0 Å². The minimum atomic E-state index is -6.00. The second-order valence-electron chi connectivity index (χ2n) is 0.748. The molecule has 0 aromatic carbocycles. The Balaban J connectivity index is -0.0000000910. The fraction of sp³-hybridized carbons (Fsp3) is 0. The van der Waals surface area contributed by atoms with Crippen LogP contribution in [0.3, 0.4) is 0 Å². The van der Waals surface area contributed by atoms with Crippen LogP contribution in [-0.2, 0) is 4.57 Å². The lowest BCUT2D eigenvalue weighted by molar-refractivity contribution is 0.368. The van der Waals surface area contributed by atoms with Crippen molar-refractivity contribution in [1.29, 1.82) is 0 Å². The van der Waals surface area contributed by atoms with Crippen LogP contribution >= 0.6 is 8.25 Å². The third-order valence-corrected chi connectivity index (χ3v) is 0. The van der Waals surface area contributed by atoms with E-state index in [1.54, 1.807) is 0 Å². The zero-order chi connectivity index (χ0) is 8.08. The van der Waals surface area contributed by atoms with Crippen LogP contribution < -0.4 is 0 Å². The first-order valence-electron chi connectivity index (χ1n) is 1.46. The van der Waals surface area contributed by atoms with Gasteiger partial charge in [0, 0.05) is 4.57 Å². The molecule has 0 rings (SSSR count). The molecule has 0 aliphatic rings. The van der Waals surface area contributed by atoms with Crippen LogP contribution in [0.4, 0.5) is 17.3 Å². The Morgan fingerprint density at radius 2 is 1.22 bits per heavy atom. The molecule has 0 heterocycles. The van der Waals surface area contributed by atoms with Crippen LogP contribution in [0.15, 0.2) is 0 Å². The van der Waals surface area contributed by atoms with E-state index in [1.807, 2.05) is 0 Å². The van der Waals surface area contributed by atoms with Crippen molar-refractivity contribution in [3.8, 4) is 0 Å². The molecule has 0 saturated carbocycles. The average molecular weight is 169 g/mol. The van der Waals surface area contributed by atoms with E-state index in [1.165, 1.54) is 0 Å². The van der Waals surface area contributed by atoms with Crippen molar-refractivity contribution in [3.63, 3.8) is 0 Å². The van der Waals surface area contributed by atoms with Crippen LogP contribution in [-0.4, -0.2) is 17.0 Å². The smallest absolute Gasteiger partial charge is 0.418 e. The summed E-state index contributed by atoms with van der Waals surface area (Å²) < 4.78 is 47.7. The highest BCUT2D eigenvalue weighted by Crippen LogP contribution is 2.06. The van der Waals surface area contributed by atoms with E-state index in [-0.39, 0.29) is 1.43 Å². The highest BCUT2D eigenvalue weighted by atomic mass is 31.1. The van der Waals surface area contributed by atoms with Crippen molar-refractivity contribution in [2.75, 3.05) is 0 Å². The third-order valence-electron chi connectivity index (χ3n) is 0. The Bertz CT molecular complexity index is 83.0. The summed E-state index contributed by atoms with van der Waals surface area (Å²) in [5.41, 5.74) is 0. The second-order valence-corrected chi connectivity index (χ2v) is 1.25. The molecule has 0 atom stereocenters. The van der Waals surface area contributed by atoms with E-state index in [2.05, 4.69) is 0 Å². The van der Waals surface area contributed by atoms with E-state index in [0.29, 0.717) is 0 Å². The van der Waals surface area contributed by atoms with E-state index < -0.39 is 15.5 Å². The molecule has 0 aromatic heterocycles. The van der Waals surface area contributed by atoms with Crippen molar-refractivity contribution >= 4 is 15.5 Å². The Kier molecular flexibility index (Phi) is 6.00. The maximum Gasteiger partial charge on any atom is 1.00 e. The number of rotatable bonds is 0. The highest BCUT2D eigenvalue weighted by Gasteiger charge is 2.20. The van der Waals surface area contributed by atoms with Crippen LogP contribution in [0, 0.1) is 0 Å². The molecule has 2 N–H and O–H groups in total. The summed E-state index contributed by atoms with van der Waals surface area (Å²) in [7, 11) is -8.87. The van der Waals surface area contributed by atoms with Gasteiger partial charge in [0.15, 0.2) is 0 Å². The SMILES string of the molecule is F[B-](F)(F)F.O=[P+](O)O.[H+]. The monoisotopic (exact) mass is 169 g/mol. The van der Waals surface area contributed by atoms with Gasteiger partial charge < -0.3 is 17.3 Å². The van der Waals surface area contributed by atoms with Gasteiger partial charge in [-0.1, -0.05) is 0 Å². The second kappa shape index (κ2) is 4.66. The van der Waals surface area contributed by atoms with E-state index in [0.717, 1.165) is 0 Å². The Morgan fingerprint density at radius 3 is 1.22 bits per heavy atom. The summed E-state index contributed by atoms with van der Waals surface area (Å²) in [5.74, 6) is 0. The first-order valence-corrected chi connectivity index (χ1v) is 2.62. The van der Waals surface area contributed by atoms with Crippen molar-refractivity contribution in [3.05, 3.63) is 0 Å². The quantitative estimate of drug-likeness (QED) is 0.323. The highest BCUT2D eigenvalue weighted by molar-refractivity contribution is 7.30. The average Bonchev–Trinajstić information content (AvgIpc) is 1.19. The maximum absolute atomic E-state index is 9.75. The molecule has 0 aliphatic heterocycles. The zero-order valence-corrected chi connectivity index (χ0v) is 4.73. The van der Waals surface area contributed by atoms with Gasteiger partial charge in [-0.15, -0.1) is 9.79 Å². The first kappa shape index (κ1) is 11.6. The van der Waals surface area contributed by atoms with E-state index in [9.17, 15) is 17.3 Å². The number of halogens is 4. The minimum absolute atomic E-state index is 0. The first-order chi connectivity index (χ1) is 3.73. The maximum atomic E-state index is 9.75. The molecule has 9 heavy (non-hydrogen) atoms. The van der Waals surface area contributed by atoms with Crippen molar-refractivity contribution in [2.24, 2.45) is 0 Å². The lowest BCUT2D eigenvalue weighted by Gasteiger charge is -1.94. The molecule has 0 bridgehead atoms. The van der Waals surface area contributed by atoms with Gasteiger partial charge >= 0.3 is 16.9 Å². The van der Waals surface area contributed by atoms with Gasteiger partial charge in [-0.2, -0.15) is 0 Å². The molecule has 9 heteroatoms. The molecule has 0 spiro atoms. The van der Waals surface area contributed by atoms with Gasteiger partial charge in [-0.3, -0.25) is 0 Å². The number of hydrogen-bond donors (Lipinski definition) is 2. The van der Waals surface area contributed by atoms with Crippen molar-refractivity contribution < 1.29 is 33.0 Å². The summed E-state index contributed by atoms with van der Waals surface area (Å²) in [4.78, 5) is 14.2. The van der Waals surface area contributed by atoms with Crippen LogP contribution in [0.2, 0.25) is 0 Å². The third kappa shape index (κ3) is 6910. The molecule has 0 aromatic rings. The summed E-state index contributed by atoms with van der Waals surface area (Å²) in [6, 6.07) is 0. The molecule has 0 unspecified atom stereocenters. The minimum Gasteiger partial charge on any atom is -0.418 e. The van der Waals surface area contributed by atoms with Gasteiger partial charge in [0.1, 0.15) is 0 Å². The van der Waals surface area contributed by atoms with Crippen LogP contribution in [0.1, 0.15) is 1.43 Å². The topological polar surface area (TPSA) is 57.5 Å². The van der Waals surface area contributed by atoms with Gasteiger partial charge in [-0.05, 0) is 0 Å². The van der Waals surface area contributed by atoms with Crippen molar-refractivity contribution in [2.45, 2.75) is 0 Å². The van der Waals surface area contributed by atoms with Gasteiger partial charge in [-0.25, -0.2) is 0 Å². The molecule has 0 aliphatic carbocycles. The fourth-order valence-corrected chi connectivity index (χ4v) is 0. The zero-order valence-electron chi connectivity index (χ0n) is 4.84. The predicted octanol–water partition coefficient (Wildman–Crippen LogP) is 1.04. The van der Waals surface area contributed by atoms with Gasteiger partial charge in [0.05, 0.1) is 0 Å². The van der Waals surface area contributed by atoms with Gasteiger partial charge in [0.25, 0.3) is 0 Å². The lowest BCUT2D eigenvalue weighted by Crippen LogP contribution is -2.02. The number of hydrogen-bond acceptors (Lipinski definition) is 1. The normalized spacial score (nSPS) is 9.56. The molecule has 3 nitrogen and oxygen atoms in total. The molecular weight excluding hydrogens is 166 g/mol. The fourth-order valence-electron chi connectivity index (χ4n) is 0. The van der Waals surface area contributed by atoms with Crippen molar-refractivity contribution in [1.82, 2.24) is 0 Å². The Morgan fingerprint density at radius 1 is 1.22 bits per heavy atom. The Labute approximate surface area is 49.8 Å². The van der Waals surface area contributed by atoms with Gasteiger partial charge in [0.2, 0.25) is 0 Å². The Hall–Kier alpha value is -0.195. The summed E-state index contributed by atoms with van der Waals surface area (Å²) in [6.07, 6.45) is 0.